The zero-order valence-corrected chi connectivity index (χ0v) is 19.5. The van der Waals surface area contributed by atoms with Gasteiger partial charge in [0.05, 0.1) is 6.61 Å². The largest absolute Gasteiger partial charge is 0.482 e. The maximum atomic E-state index is 12.0. The average molecular weight is 415 g/mol. The maximum Gasteiger partial charge on any atom is 0.344 e. The highest BCUT2D eigenvalue weighted by atomic mass is 16.6. The number of unbranched alkanes of at least 4 members (excludes halogenated alkanes) is 5. The van der Waals surface area contributed by atoms with E-state index in [-0.39, 0.29) is 12.6 Å². The van der Waals surface area contributed by atoms with Crippen molar-refractivity contribution in [3.8, 4) is 5.75 Å². The lowest BCUT2D eigenvalue weighted by Crippen LogP contribution is -2.26. The molecule has 1 saturated carbocycles. The second-order valence-corrected chi connectivity index (χ2v) is 9.99. The van der Waals surface area contributed by atoms with Gasteiger partial charge in [0, 0.05) is 0 Å². The van der Waals surface area contributed by atoms with Crippen LogP contribution in [0.2, 0.25) is 0 Å². The van der Waals surface area contributed by atoms with Crippen LogP contribution in [0.4, 0.5) is 0 Å². The lowest BCUT2D eigenvalue weighted by Gasteiger charge is -2.32. The number of esters is 1. The standard InChI is InChI=1S/C27H42O3/c1-4-5-6-7-8-9-11-21-14-15-23-17-25-22(16-24(21)23)12-10-13-26(25)29-19-27(28)30-18-20(2)3/h10,12-13,20-21,23-24H,4-9,11,14-19H2,1-3H3. The molecule has 1 aromatic carbocycles. The van der Waals surface area contributed by atoms with Crippen LogP contribution in [0.3, 0.4) is 0 Å². The number of carbonyl (C=O) groups excluding carboxylic acids is 1. The number of hydrogen-bond acceptors (Lipinski definition) is 3. The second kappa shape index (κ2) is 11.8. The van der Waals surface area contributed by atoms with Gasteiger partial charge in [0.2, 0.25) is 0 Å². The summed E-state index contributed by atoms with van der Waals surface area (Å²) in [4.78, 5) is 12.0. The summed E-state index contributed by atoms with van der Waals surface area (Å²) in [6.07, 6.45) is 14.8. The summed E-state index contributed by atoms with van der Waals surface area (Å²) in [7, 11) is 0. The Morgan fingerprint density at radius 2 is 1.87 bits per heavy atom. The molecule has 0 heterocycles. The van der Waals surface area contributed by atoms with Gasteiger partial charge in [-0.05, 0) is 66.5 Å². The minimum Gasteiger partial charge on any atom is -0.482 e. The minimum absolute atomic E-state index is 0.0118. The van der Waals surface area contributed by atoms with Gasteiger partial charge in [0.1, 0.15) is 5.75 Å². The molecule has 0 radical (unpaired) electrons. The van der Waals surface area contributed by atoms with Gasteiger partial charge < -0.3 is 9.47 Å². The highest BCUT2D eigenvalue weighted by molar-refractivity contribution is 5.71. The summed E-state index contributed by atoms with van der Waals surface area (Å²) in [5.41, 5.74) is 2.79. The van der Waals surface area contributed by atoms with Crippen LogP contribution >= 0.6 is 0 Å². The summed E-state index contributed by atoms with van der Waals surface area (Å²) in [6.45, 7) is 6.84. The fraction of sp³-hybridized carbons (Fsp3) is 0.741. The van der Waals surface area contributed by atoms with Crippen molar-refractivity contribution in [2.45, 2.75) is 91.4 Å². The van der Waals surface area contributed by atoms with Gasteiger partial charge in [-0.1, -0.05) is 77.8 Å². The summed E-state index contributed by atoms with van der Waals surface area (Å²) in [5.74, 6) is 3.52. The Labute approximate surface area is 183 Å². The minimum atomic E-state index is -0.269. The van der Waals surface area contributed by atoms with Crippen LogP contribution in [0.15, 0.2) is 18.2 Å². The molecule has 1 fully saturated rings. The zero-order chi connectivity index (χ0) is 21.3. The summed E-state index contributed by atoms with van der Waals surface area (Å²) < 4.78 is 11.2. The van der Waals surface area contributed by atoms with Crippen molar-refractivity contribution in [1.82, 2.24) is 0 Å². The normalized spacial score (nSPS) is 22.6. The van der Waals surface area contributed by atoms with Crippen molar-refractivity contribution in [3.63, 3.8) is 0 Å². The number of carbonyl (C=O) groups is 1. The fourth-order valence-corrected chi connectivity index (χ4v) is 5.50. The Kier molecular flexibility index (Phi) is 9.08. The molecule has 2 aliphatic rings. The van der Waals surface area contributed by atoms with E-state index in [0.717, 1.165) is 29.9 Å². The molecule has 3 rings (SSSR count). The Balaban J connectivity index is 1.51. The van der Waals surface area contributed by atoms with Gasteiger partial charge in [-0.2, -0.15) is 0 Å². The smallest absolute Gasteiger partial charge is 0.344 e. The van der Waals surface area contributed by atoms with E-state index in [1.54, 1.807) is 0 Å². The van der Waals surface area contributed by atoms with E-state index in [4.69, 9.17) is 9.47 Å². The molecular weight excluding hydrogens is 372 g/mol. The third-order valence-electron chi connectivity index (χ3n) is 7.12. The molecule has 3 atom stereocenters. The summed E-state index contributed by atoms with van der Waals surface area (Å²) in [6, 6.07) is 6.39. The molecule has 0 aliphatic heterocycles. The Morgan fingerprint density at radius 3 is 2.67 bits per heavy atom. The predicted molar refractivity (Wildman–Crippen MR) is 123 cm³/mol. The Morgan fingerprint density at radius 1 is 1.07 bits per heavy atom. The molecule has 0 spiro atoms. The maximum absolute atomic E-state index is 12.0. The highest BCUT2D eigenvalue weighted by Gasteiger charge is 2.39. The third kappa shape index (κ3) is 6.49. The molecule has 2 aliphatic carbocycles. The number of ether oxygens (including phenoxy) is 2. The Bertz CT molecular complexity index is 666. The lowest BCUT2D eigenvalue weighted by molar-refractivity contribution is -0.147. The number of benzene rings is 1. The molecule has 1 aromatic rings. The van der Waals surface area contributed by atoms with Crippen molar-refractivity contribution in [3.05, 3.63) is 29.3 Å². The van der Waals surface area contributed by atoms with Crippen molar-refractivity contribution < 1.29 is 14.3 Å². The first-order chi connectivity index (χ1) is 14.6. The first-order valence-electron chi connectivity index (χ1n) is 12.5. The van der Waals surface area contributed by atoms with Crippen molar-refractivity contribution in [1.29, 1.82) is 0 Å². The van der Waals surface area contributed by atoms with E-state index in [9.17, 15) is 4.79 Å². The number of fused-ring (bicyclic) bond motifs is 2. The van der Waals surface area contributed by atoms with E-state index in [1.807, 2.05) is 19.9 Å². The summed E-state index contributed by atoms with van der Waals surface area (Å²) in [5, 5.41) is 0. The van der Waals surface area contributed by atoms with E-state index < -0.39 is 0 Å². The van der Waals surface area contributed by atoms with Crippen LogP contribution in [0.5, 0.6) is 5.75 Å². The van der Waals surface area contributed by atoms with E-state index in [2.05, 4.69) is 19.1 Å². The number of hydrogen-bond donors (Lipinski definition) is 0. The zero-order valence-electron chi connectivity index (χ0n) is 19.5. The van der Waals surface area contributed by atoms with Crippen molar-refractivity contribution in [2.24, 2.45) is 23.7 Å². The van der Waals surface area contributed by atoms with Crippen LogP contribution in [0.1, 0.15) is 89.7 Å². The summed E-state index contributed by atoms with van der Waals surface area (Å²) >= 11 is 0. The molecule has 0 bridgehead atoms. The number of rotatable bonds is 12. The molecule has 0 N–H and O–H groups in total. The van der Waals surface area contributed by atoms with Gasteiger partial charge >= 0.3 is 5.97 Å². The van der Waals surface area contributed by atoms with Crippen LogP contribution in [0, 0.1) is 23.7 Å². The lowest BCUT2D eigenvalue weighted by atomic mass is 9.73. The van der Waals surface area contributed by atoms with E-state index in [0.29, 0.717) is 12.5 Å². The van der Waals surface area contributed by atoms with Crippen LogP contribution in [-0.4, -0.2) is 19.2 Å². The molecule has 0 saturated heterocycles. The molecule has 0 amide bonds. The van der Waals surface area contributed by atoms with Gasteiger partial charge in [0.25, 0.3) is 0 Å². The van der Waals surface area contributed by atoms with E-state index >= 15 is 0 Å². The van der Waals surface area contributed by atoms with Crippen LogP contribution < -0.4 is 4.74 Å². The highest BCUT2D eigenvalue weighted by Crippen LogP contribution is 2.48. The molecular formula is C27H42O3. The Hall–Kier alpha value is -1.51. The van der Waals surface area contributed by atoms with Gasteiger partial charge in [-0.15, -0.1) is 0 Å². The first kappa shape index (κ1) is 23.2. The second-order valence-electron chi connectivity index (χ2n) is 9.99. The van der Waals surface area contributed by atoms with Gasteiger partial charge in [0.15, 0.2) is 6.61 Å². The first-order valence-corrected chi connectivity index (χ1v) is 12.5. The topological polar surface area (TPSA) is 35.5 Å². The monoisotopic (exact) mass is 414 g/mol. The van der Waals surface area contributed by atoms with Crippen molar-refractivity contribution in [2.75, 3.05) is 13.2 Å². The predicted octanol–water partition coefficient (Wildman–Crippen LogP) is 6.76. The quantitative estimate of drug-likeness (QED) is 0.280. The van der Waals surface area contributed by atoms with Crippen LogP contribution in [0.25, 0.3) is 0 Å². The SMILES string of the molecule is CCCCCCCCC1CCC2Cc3c(cccc3OCC(=O)OCC(C)C)CC12. The molecule has 3 nitrogen and oxygen atoms in total. The average Bonchev–Trinajstić information content (AvgIpc) is 3.13. The van der Waals surface area contributed by atoms with Gasteiger partial charge in [-0.25, -0.2) is 4.79 Å². The molecule has 3 heteroatoms. The van der Waals surface area contributed by atoms with Crippen molar-refractivity contribution >= 4 is 5.97 Å². The fourth-order valence-electron chi connectivity index (χ4n) is 5.50. The third-order valence-corrected chi connectivity index (χ3v) is 7.12. The molecule has 0 aromatic heterocycles. The molecule has 168 valence electrons. The molecule has 3 unspecified atom stereocenters. The van der Waals surface area contributed by atoms with E-state index in [1.165, 1.54) is 75.3 Å². The van der Waals surface area contributed by atoms with Crippen LogP contribution in [-0.2, 0) is 22.4 Å². The van der Waals surface area contributed by atoms with Gasteiger partial charge in [-0.3, -0.25) is 0 Å². The molecule has 30 heavy (non-hydrogen) atoms.